The maximum absolute atomic E-state index is 2.81. The number of nitrogens with zero attached hydrogens (tertiary/aromatic N) is 2. The summed E-state index contributed by atoms with van der Waals surface area (Å²) >= 11 is 0. The van der Waals surface area contributed by atoms with Gasteiger partial charge in [0.2, 0.25) is 0 Å². The fraction of sp³-hybridized carbons (Fsp3) is 0.211. The van der Waals surface area contributed by atoms with Crippen molar-refractivity contribution in [1.82, 2.24) is 4.57 Å². The second-order valence-corrected chi connectivity index (χ2v) is 13.2. The molecule has 0 bridgehead atoms. The topological polar surface area (TPSA) is 8.17 Å². The van der Waals surface area contributed by atoms with Crippen LogP contribution in [0.3, 0.4) is 0 Å². The number of aromatic nitrogens is 1. The third-order valence-corrected chi connectivity index (χ3v) is 11.5. The highest BCUT2D eigenvalue weighted by Gasteiger charge is 2.61. The van der Waals surface area contributed by atoms with Gasteiger partial charge in [0, 0.05) is 33.2 Å². The van der Waals surface area contributed by atoms with Crippen LogP contribution in [0.25, 0.3) is 38.6 Å². The highest BCUT2D eigenvalue weighted by molar-refractivity contribution is 7.00. The lowest BCUT2D eigenvalue weighted by atomic mass is 9.33. The monoisotopic (exact) mass is 526 g/mol. The number of rotatable bonds is 1. The zero-order chi connectivity index (χ0) is 27.1. The maximum Gasteiger partial charge on any atom is 0.252 e. The molecule has 5 aromatic carbocycles. The Kier molecular flexibility index (Phi) is 4.02. The van der Waals surface area contributed by atoms with Crippen LogP contribution in [-0.4, -0.2) is 16.8 Å². The predicted octanol–water partition coefficient (Wildman–Crippen LogP) is 7.34. The van der Waals surface area contributed by atoms with Crippen molar-refractivity contribution in [3.8, 4) is 16.8 Å². The number of anilines is 2. The first-order valence-corrected chi connectivity index (χ1v) is 15.3. The minimum absolute atomic E-state index is 0.0715. The Labute approximate surface area is 241 Å². The zero-order valence-corrected chi connectivity index (χ0v) is 23.6. The van der Waals surface area contributed by atoms with E-state index in [0.29, 0.717) is 0 Å². The molecule has 10 rings (SSSR count). The Morgan fingerprint density at radius 2 is 1.41 bits per heavy atom. The summed E-state index contributed by atoms with van der Waals surface area (Å²) in [7, 11) is 0. The standard InChI is InChI=1S/C38H31BN2/c1-37-20-10-11-21-38(37,2)41-32-17-9-7-15-29(32)39-30-19-18-25(24-12-4-3-5-13-24)22-33(30)40-31-16-8-6-14-26(31)27-23-28(37)36(41)34(39)35(27)40/h3-9,12-19,22-23H,10-11,20-21H2,1-2H3. The van der Waals surface area contributed by atoms with Crippen molar-refractivity contribution < 1.29 is 0 Å². The summed E-state index contributed by atoms with van der Waals surface area (Å²) < 4.78 is 2.61. The van der Waals surface area contributed by atoms with E-state index in [1.54, 1.807) is 5.56 Å². The Balaban J connectivity index is 1.42. The van der Waals surface area contributed by atoms with Gasteiger partial charge in [-0.3, -0.25) is 0 Å². The van der Waals surface area contributed by atoms with Crippen LogP contribution in [0.1, 0.15) is 45.1 Å². The van der Waals surface area contributed by atoms with Crippen LogP contribution in [0.2, 0.25) is 0 Å². The van der Waals surface area contributed by atoms with Gasteiger partial charge >= 0.3 is 0 Å². The van der Waals surface area contributed by atoms with Gasteiger partial charge in [-0.15, -0.1) is 0 Å². The molecule has 3 heteroatoms. The minimum atomic E-state index is 0.0715. The molecule has 2 unspecified atom stereocenters. The number of benzene rings is 5. The van der Waals surface area contributed by atoms with Gasteiger partial charge in [0.1, 0.15) is 0 Å². The Morgan fingerprint density at radius 3 is 2.32 bits per heavy atom. The molecule has 6 aromatic rings. The van der Waals surface area contributed by atoms with Gasteiger partial charge in [-0.25, -0.2) is 0 Å². The first kappa shape index (κ1) is 22.5. The van der Waals surface area contributed by atoms with E-state index in [-0.39, 0.29) is 17.7 Å². The van der Waals surface area contributed by atoms with Crippen LogP contribution in [0.15, 0.2) is 103 Å². The smallest absolute Gasteiger partial charge is 0.252 e. The number of para-hydroxylation sites is 2. The maximum atomic E-state index is 2.81. The van der Waals surface area contributed by atoms with Gasteiger partial charge in [-0.2, -0.15) is 0 Å². The van der Waals surface area contributed by atoms with Crippen molar-refractivity contribution in [2.24, 2.45) is 0 Å². The zero-order valence-electron chi connectivity index (χ0n) is 23.6. The summed E-state index contributed by atoms with van der Waals surface area (Å²) in [6.07, 6.45) is 5.10. The lowest BCUT2D eigenvalue weighted by molar-refractivity contribution is 0.195. The van der Waals surface area contributed by atoms with Gasteiger partial charge in [-0.1, -0.05) is 98.6 Å². The molecular weight excluding hydrogens is 495 g/mol. The molecule has 0 spiro atoms. The van der Waals surface area contributed by atoms with E-state index in [1.165, 1.54) is 92.1 Å². The molecule has 1 saturated carbocycles. The Morgan fingerprint density at radius 1 is 0.659 bits per heavy atom. The highest BCUT2D eigenvalue weighted by atomic mass is 15.3. The molecule has 3 aliphatic heterocycles. The highest BCUT2D eigenvalue weighted by Crippen LogP contribution is 2.62. The van der Waals surface area contributed by atoms with E-state index in [9.17, 15) is 0 Å². The van der Waals surface area contributed by atoms with Crippen LogP contribution >= 0.6 is 0 Å². The van der Waals surface area contributed by atoms with E-state index in [0.717, 1.165) is 0 Å². The molecule has 2 nitrogen and oxygen atoms in total. The molecule has 0 N–H and O–H groups in total. The van der Waals surface area contributed by atoms with Gasteiger partial charge in [0.25, 0.3) is 6.71 Å². The predicted molar refractivity (Wildman–Crippen MR) is 174 cm³/mol. The van der Waals surface area contributed by atoms with E-state index < -0.39 is 0 Å². The Hall–Kier alpha value is -4.24. The molecule has 0 radical (unpaired) electrons. The van der Waals surface area contributed by atoms with Crippen molar-refractivity contribution in [2.45, 2.75) is 50.5 Å². The van der Waals surface area contributed by atoms with Crippen molar-refractivity contribution in [3.63, 3.8) is 0 Å². The molecule has 0 saturated heterocycles. The summed E-state index contributed by atoms with van der Waals surface area (Å²) in [5.41, 5.74) is 15.7. The van der Waals surface area contributed by atoms with Gasteiger partial charge in [-0.05, 0) is 77.1 Å². The third kappa shape index (κ3) is 2.46. The summed E-state index contributed by atoms with van der Waals surface area (Å²) in [6, 6.07) is 39.1. The fourth-order valence-corrected chi connectivity index (χ4v) is 9.45. The van der Waals surface area contributed by atoms with Crippen molar-refractivity contribution in [1.29, 1.82) is 0 Å². The number of fused-ring (bicyclic) bond motifs is 12. The average molecular weight is 526 g/mol. The van der Waals surface area contributed by atoms with Crippen molar-refractivity contribution in [2.75, 3.05) is 4.90 Å². The lowest BCUT2D eigenvalue weighted by Gasteiger charge is -2.52. The minimum Gasteiger partial charge on any atom is -0.335 e. The first-order valence-electron chi connectivity index (χ1n) is 15.3. The molecule has 1 aromatic heterocycles. The molecule has 41 heavy (non-hydrogen) atoms. The number of hydrogen-bond donors (Lipinski definition) is 0. The van der Waals surface area contributed by atoms with Crippen molar-refractivity contribution >= 4 is 56.3 Å². The van der Waals surface area contributed by atoms with E-state index in [4.69, 9.17) is 0 Å². The summed E-state index contributed by atoms with van der Waals surface area (Å²) in [4.78, 5) is 2.81. The summed E-state index contributed by atoms with van der Waals surface area (Å²) in [5.74, 6) is 0. The molecular formula is C38H31BN2. The van der Waals surface area contributed by atoms with Crippen LogP contribution in [-0.2, 0) is 5.41 Å². The molecule has 0 amide bonds. The summed E-state index contributed by atoms with van der Waals surface area (Å²) in [6.45, 7) is 5.37. The van der Waals surface area contributed by atoms with Crippen LogP contribution < -0.4 is 21.3 Å². The molecule has 4 heterocycles. The Bertz CT molecular complexity index is 2110. The van der Waals surface area contributed by atoms with Crippen LogP contribution in [0, 0.1) is 0 Å². The van der Waals surface area contributed by atoms with Gasteiger partial charge < -0.3 is 9.47 Å². The first-order chi connectivity index (χ1) is 20.1. The quantitative estimate of drug-likeness (QED) is 0.203. The lowest BCUT2D eigenvalue weighted by Crippen LogP contribution is -2.63. The molecule has 1 fully saturated rings. The fourth-order valence-electron chi connectivity index (χ4n) is 9.45. The van der Waals surface area contributed by atoms with Gasteiger partial charge in [0.05, 0.1) is 16.6 Å². The summed E-state index contributed by atoms with van der Waals surface area (Å²) in [5, 5.41) is 2.79. The van der Waals surface area contributed by atoms with Crippen molar-refractivity contribution in [3.05, 3.63) is 109 Å². The normalized spacial score (nSPS) is 23.1. The molecule has 196 valence electrons. The average Bonchev–Trinajstić information content (AvgIpc) is 3.46. The second kappa shape index (κ2) is 7.34. The van der Waals surface area contributed by atoms with E-state index in [2.05, 4.69) is 126 Å². The second-order valence-electron chi connectivity index (χ2n) is 13.2. The molecule has 2 atom stereocenters. The van der Waals surface area contributed by atoms with Crippen LogP contribution in [0.5, 0.6) is 0 Å². The number of hydrogen-bond acceptors (Lipinski definition) is 1. The molecule has 1 aliphatic carbocycles. The third-order valence-electron chi connectivity index (χ3n) is 11.5. The van der Waals surface area contributed by atoms with Crippen LogP contribution in [0.4, 0.5) is 11.4 Å². The molecule has 4 aliphatic rings. The van der Waals surface area contributed by atoms with E-state index in [1.807, 2.05) is 0 Å². The largest absolute Gasteiger partial charge is 0.335 e. The SMILES string of the molecule is CC12CCCCC1(C)N1c3ccccc3B3c4ccc(-c5ccccc5)cc4-n4c5ccccc5c5cc2c1c3c54. The van der Waals surface area contributed by atoms with Gasteiger partial charge in [0.15, 0.2) is 0 Å². The van der Waals surface area contributed by atoms with E-state index >= 15 is 0 Å².